The second-order valence-corrected chi connectivity index (χ2v) is 11.3. The molecule has 1 aliphatic rings. The average molecular weight is 682 g/mol. The fourth-order valence-electron chi connectivity index (χ4n) is 5.19. The number of aliphatic hydroxyl groups excluding tert-OH is 1. The van der Waals surface area contributed by atoms with Gasteiger partial charge in [0.1, 0.15) is 48.4 Å². The minimum absolute atomic E-state index is 0. The molecule has 9 nitrogen and oxygen atoms in total. The summed E-state index contributed by atoms with van der Waals surface area (Å²) in [5.74, 6) is 3.05. The van der Waals surface area contributed by atoms with E-state index in [1.807, 2.05) is 109 Å². The van der Waals surface area contributed by atoms with Crippen molar-refractivity contribution in [3.8, 4) is 45.5 Å². The SMILES string of the molecule is CNCC(O)COc1cc(-c2ccccc2)nc2cc(OC)ccc12.COc1ccc2c(OCC3CO3)cc(-c3ccccc3)nc2c1.Cl. The Kier molecular flexibility index (Phi) is 12.2. The first-order valence-electron chi connectivity index (χ1n) is 15.8. The van der Waals surface area contributed by atoms with Crippen LogP contribution >= 0.6 is 12.4 Å². The van der Waals surface area contributed by atoms with Gasteiger partial charge in [0, 0.05) is 52.7 Å². The Bertz CT molecular complexity index is 1960. The molecule has 7 rings (SSSR count). The van der Waals surface area contributed by atoms with Gasteiger partial charge in [-0.25, -0.2) is 9.97 Å². The first kappa shape index (κ1) is 35.4. The van der Waals surface area contributed by atoms with Crippen molar-refractivity contribution in [3.05, 3.63) is 109 Å². The van der Waals surface area contributed by atoms with Gasteiger partial charge in [-0.05, 0) is 31.3 Å². The maximum absolute atomic E-state index is 9.93. The van der Waals surface area contributed by atoms with Crippen molar-refractivity contribution in [3.63, 3.8) is 0 Å². The van der Waals surface area contributed by atoms with Crippen molar-refractivity contribution in [2.45, 2.75) is 12.2 Å². The fraction of sp³-hybridized carbons (Fsp3) is 0.231. The maximum atomic E-state index is 9.93. The summed E-state index contributed by atoms with van der Waals surface area (Å²) in [7, 11) is 5.09. The molecule has 0 bridgehead atoms. The molecule has 4 aromatic carbocycles. The number of pyridine rings is 2. The number of aromatic nitrogens is 2. The van der Waals surface area contributed by atoms with Crippen molar-refractivity contribution in [2.24, 2.45) is 0 Å². The Morgan fingerprint density at radius 3 is 1.67 bits per heavy atom. The lowest BCUT2D eigenvalue weighted by Crippen LogP contribution is -2.29. The zero-order chi connectivity index (χ0) is 33.3. The summed E-state index contributed by atoms with van der Waals surface area (Å²) in [6, 6.07) is 35.5. The third-order valence-electron chi connectivity index (χ3n) is 7.80. The molecule has 3 heterocycles. The second-order valence-electron chi connectivity index (χ2n) is 11.3. The van der Waals surface area contributed by atoms with E-state index in [1.54, 1.807) is 21.3 Å². The van der Waals surface area contributed by atoms with Crippen LogP contribution < -0.4 is 24.3 Å². The normalized spacial score (nSPS) is 13.8. The zero-order valence-electron chi connectivity index (χ0n) is 27.7. The summed E-state index contributed by atoms with van der Waals surface area (Å²) in [6.07, 6.45) is -0.358. The van der Waals surface area contributed by atoms with Crippen molar-refractivity contribution >= 4 is 34.2 Å². The van der Waals surface area contributed by atoms with E-state index in [4.69, 9.17) is 33.7 Å². The second kappa shape index (κ2) is 16.9. The van der Waals surface area contributed by atoms with E-state index < -0.39 is 6.10 Å². The number of likely N-dealkylation sites (N-methyl/N-ethyl adjacent to an activating group) is 1. The molecule has 0 radical (unpaired) electrons. The number of halogens is 1. The van der Waals surface area contributed by atoms with Crippen LogP contribution in [-0.2, 0) is 4.74 Å². The highest BCUT2D eigenvalue weighted by Gasteiger charge is 2.24. The quantitative estimate of drug-likeness (QED) is 0.132. The molecule has 1 fully saturated rings. The standard InChI is InChI=1S/C20H22N2O3.C19H17NO3.ClH/c1-21-12-15(23)13-25-20-11-18(14-6-4-3-5-7-14)22-19-10-16(24-2)8-9-17(19)20;1-21-14-7-8-16-18(9-14)20-17(13-5-3-2-4-6-13)10-19(16)23-12-15-11-22-15;/h3-11,15,21,23H,12-13H2,1-2H3;2-10,15H,11-12H2,1H3;1H. The summed E-state index contributed by atoms with van der Waals surface area (Å²) in [6.45, 7) is 2.03. The molecule has 254 valence electrons. The predicted octanol–water partition coefficient (Wildman–Crippen LogP) is 6.98. The number of methoxy groups -OCH3 is 2. The Morgan fingerprint density at radius 1 is 0.735 bits per heavy atom. The van der Waals surface area contributed by atoms with Gasteiger partial charge in [-0.15, -0.1) is 12.4 Å². The van der Waals surface area contributed by atoms with Gasteiger partial charge in [0.15, 0.2) is 0 Å². The molecule has 0 spiro atoms. The molecule has 2 atom stereocenters. The predicted molar refractivity (Wildman–Crippen MR) is 195 cm³/mol. The zero-order valence-corrected chi connectivity index (χ0v) is 28.5. The molecular weight excluding hydrogens is 642 g/mol. The molecule has 0 aliphatic carbocycles. The van der Waals surface area contributed by atoms with E-state index in [9.17, 15) is 5.11 Å². The van der Waals surface area contributed by atoms with Crippen LogP contribution in [0.2, 0.25) is 0 Å². The Labute approximate surface area is 292 Å². The van der Waals surface area contributed by atoms with Crippen LogP contribution in [0.25, 0.3) is 44.3 Å². The van der Waals surface area contributed by atoms with Crippen LogP contribution in [0.1, 0.15) is 0 Å². The Balaban J connectivity index is 0.000000188. The molecule has 2 unspecified atom stereocenters. The van der Waals surface area contributed by atoms with Gasteiger partial charge in [-0.2, -0.15) is 0 Å². The number of rotatable bonds is 12. The smallest absolute Gasteiger partial charge is 0.131 e. The van der Waals surface area contributed by atoms with E-state index in [-0.39, 0.29) is 25.1 Å². The highest BCUT2D eigenvalue weighted by atomic mass is 35.5. The monoisotopic (exact) mass is 681 g/mol. The number of hydrogen-bond donors (Lipinski definition) is 2. The fourth-order valence-corrected chi connectivity index (χ4v) is 5.19. The van der Waals surface area contributed by atoms with E-state index in [0.717, 1.165) is 68.2 Å². The molecule has 0 saturated carbocycles. The number of fused-ring (bicyclic) bond motifs is 2. The summed E-state index contributed by atoms with van der Waals surface area (Å²) in [5.41, 5.74) is 5.42. The molecule has 49 heavy (non-hydrogen) atoms. The van der Waals surface area contributed by atoms with Gasteiger partial charge in [-0.1, -0.05) is 60.7 Å². The largest absolute Gasteiger partial charge is 0.497 e. The topological polar surface area (TPSA) is 107 Å². The molecule has 1 saturated heterocycles. The lowest BCUT2D eigenvalue weighted by Gasteiger charge is -2.15. The van der Waals surface area contributed by atoms with E-state index in [2.05, 4.69) is 5.32 Å². The van der Waals surface area contributed by atoms with Crippen LogP contribution in [0.15, 0.2) is 109 Å². The molecule has 2 N–H and O–H groups in total. The van der Waals surface area contributed by atoms with Crippen molar-refractivity contribution in [2.75, 3.05) is 47.6 Å². The highest BCUT2D eigenvalue weighted by Crippen LogP contribution is 2.34. The van der Waals surface area contributed by atoms with Crippen LogP contribution in [0.4, 0.5) is 0 Å². The summed E-state index contributed by atoms with van der Waals surface area (Å²) in [5, 5.41) is 14.7. The number of epoxide rings is 1. The summed E-state index contributed by atoms with van der Waals surface area (Å²) >= 11 is 0. The van der Waals surface area contributed by atoms with Crippen LogP contribution in [0.5, 0.6) is 23.0 Å². The molecule has 6 aromatic rings. The third kappa shape index (κ3) is 9.16. The first-order valence-corrected chi connectivity index (χ1v) is 15.8. The van der Waals surface area contributed by atoms with Gasteiger partial charge >= 0.3 is 0 Å². The van der Waals surface area contributed by atoms with Crippen LogP contribution in [-0.4, -0.2) is 74.9 Å². The van der Waals surface area contributed by atoms with Gasteiger partial charge in [0.25, 0.3) is 0 Å². The maximum Gasteiger partial charge on any atom is 0.131 e. The number of nitrogens with zero attached hydrogens (tertiary/aromatic N) is 2. The van der Waals surface area contributed by atoms with Crippen molar-refractivity contribution in [1.29, 1.82) is 0 Å². The first-order chi connectivity index (χ1) is 23.5. The van der Waals surface area contributed by atoms with Crippen LogP contribution in [0.3, 0.4) is 0 Å². The Hall–Kier alpha value is -4.93. The number of benzene rings is 4. The van der Waals surface area contributed by atoms with E-state index >= 15 is 0 Å². The van der Waals surface area contributed by atoms with Gasteiger partial charge in [0.2, 0.25) is 0 Å². The minimum atomic E-state index is -0.577. The van der Waals surface area contributed by atoms with E-state index in [1.165, 1.54) is 0 Å². The molecule has 0 amide bonds. The van der Waals surface area contributed by atoms with Crippen LogP contribution in [0, 0.1) is 0 Å². The van der Waals surface area contributed by atoms with E-state index in [0.29, 0.717) is 18.9 Å². The number of hydrogen-bond acceptors (Lipinski definition) is 9. The van der Waals surface area contributed by atoms with Gasteiger partial charge < -0.3 is 34.1 Å². The lowest BCUT2D eigenvalue weighted by atomic mass is 10.1. The molecule has 2 aromatic heterocycles. The number of aliphatic hydroxyl groups is 1. The third-order valence-corrected chi connectivity index (χ3v) is 7.80. The van der Waals surface area contributed by atoms with Crippen molar-refractivity contribution < 1.29 is 28.8 Å². The van der Waals surface area contributed by atoms with Gasteiger partial charge in [0.05, 0.1) is 43.2 Å². The summed E-state index contributed by atoms with van der Waals surface area (Å²) < 4.78 is 27.7. The lowest BCUT2D eigenvalue weighted by molar-refractivity contribution is 0.109. The average Bonchev–Trinajstić information content (AvgIpc) is 3.98. The van der Waals surface area contributed by atoms with Crippen molar-refractivity contribution in [1.82, 2.24) is 15.3 Å². The highest BCUT2D eigenvalue weighted by molar-refractivity contribution is 5.90. The number of nitrogens with one attached hydrogen (secondary N) is 1. The minimum Gasteiger partial charge on any atom is -0.497 e. The summed E-state index contributed by atoms with van der Waals surface area (Å²) in [4.78, 5) is 9.51. The molecule has 10 heteroatoms. The molecule has 1 aliphatic heterocycles. The van der Waals surface area contributed by atoms with Gasteiger partial charge in [-0.3, -0.25) is 0 Å². The molecular formula is C39H40ClN3O6. The number of ether oxygens (including phenoxy) is 5. The Morgan fingerprint density at radius 2 is 1.22 bits per heavy atom.